The Bertz CT molecular complexity index is 626. The molecule has 2 aliphatic heterocycles. The van der Waals surface area contributed by atoms with E-state index in [9.17, 15) is 9.59 Å². The molecule has 0 aromatic heterocycles. The number of aryl methyl sites for hydroxylation is 2. The van der Waals surface area contributed by atoms with Crippen molar-refractivity contribution >= 4 is 17.5 Å². The topological polar surface area (TPSA) is 40.6 Å². The lowest BCUT2D eigenvalue weighted by atomic mass is 9.98. The van der Waals surface area contributed by atoms with Gasteiger partial charge in [0.25, 0.3) is 0 Å². The summed E-state index contributed by atoms with van der Waals surface area (Å²) >= 11 is 0. The summed E-state index contributed by atoms with van der Waals surface area (Å²) in [5.74, 6) is 0.618. The molecule has 2 saturated heterocycles. The zero-order valence-electron chi connectivity index (χ0n) is 14.3. The fourth-order valence-corrected chi connectivity index (χ4v) is 3.76. The van der Waals surface area contributed by atoms with Crippen molar-refractivity contribution in [1.82, 2.24) is 4.90 Å². The maximum Gasteiger partial charge on any atom is 0.228 e. The van der Waals surface area contributed by atoms with Crippen molar-refractivity contribution < 1.29 is 9.59 Å². The molecule has 0 aliphatic carbocycles. The lowest BCUT2D eigenvalue weighted by Crippen LogP contribution is -2.43. The molecule has 3 rings (SSSR count). The van der Waals surface area contributed by atoms with Crippen LogP contribution in [0.1, 0.15) is 37.3 Å². The van der Waals surface area contributed by atoms with Gasteiger partial charge in [-0.2, -0.15) is 0 Å². The molecule has 0 spiro atoms. The molecular weight excluding hydrogens is 288 g/mol. The van der Waals surface area contributed by atoms with E-state index < -0.39 is 0 Å². The molecule has 23 heavy (non-hydrogen) atoms. The normalized spacial score (nSPS) is 25.1. The molecule has 0 N–H and O–H groups in total. The predicted octanol–water partition coefficient (Wildman–Crippen LogP) is 2.91. The molecule has 2 unspecified atom stereocenters. The molecule has 0 bridgehead atoms. The Hall–Kier alpha value is -1.84. The SMILES string of the molecule is Cc1ccc(C)c(N2CC(C(=O)N3CCCC(C)C3)CC2=O)c1. The first-order chi connectivity index (χ1) is 11.0. The summed E-state index contributed by atoms with van der Waals surface area (Å²) < 4.78 is 0. The van der Waals surface area contributed by atoms with E-state index >= 15 is 0 Å². The number of piperidine rings is 1. The molecule has 2 amide bonds. The average molecular weight is 314 g/mol. The van der Waals surface area contributed by atoms with Crippen molar-refractivity contribution in [3.8, 4) is 0 Å². The first kappa shape index (κ1) is 16.0. The Morgan fingerprint density at radius 2 is 2.00 bits per heavy atom. The Labute approximate surface area is 138 Å². The summed E-state index contributed by atoms with van der Waals surface area (Å²) in [5.41, 5.74) is 3.18. The number of carbonyl (C=O) groups is 2. The average Bonchev–Trinajstić information content (AvgIpc) is 2.90. The standard InChI is InChI=1S/C19H26N2O2/c1-13-6-7-15(3)17(9-13)21-12-16(10-18(21)22)19(23)20-8-4-5-14(2)11-20/h6-7,9,14,16H,4-5,8,10-12H2,1-3H3. The molecule has 0 saturated carbocycles. The van der Waals surface area contributed by atoms with Crippen molar-refractivity contribution in [1.29, 1.82) is 0 Å². The van der Waals surface area contributed by atoms with Crippen LogP contribution in [-0.4, -0.2) is 36.3 Å². The number of anilines is 1. The third-order valence-corrected chi connectivity index (χ3v) is 5.10. The number of rotatable bonds is 2. The summed E-state index contributed by atoms with van der Waals surface area (Å²) in [6, 6.07) is 6.14. The first-order valence-corrected chi connectivity index (χ1v) is 8.62. The van der Waals surface area contributed by atoms with Gasteiger partial charge in [0.1, 0.15) is 0 Å². The van der Waals surface area contributed by atoms with Crippen LogP contribution < -0.4 is 4.90 Å². The van der Waals surface area contributed by atoms with Gasteiger partial charge in [0.05, 0.1) is 5.92 Å². The zero-order valence-corrected chi connectivity index (χ0v) is 14.3. The highest BCUT2D eigenvalue weighted by Crippen LogP contribution is 2.30. The highest BCUT2D eigenvalue weighted by Gasteiger charge is 2.38. The van der Waals surface area contributed by atoms with Gasteiger partial charge in [-0.3, -0.25) is 9.59 Å². The van der Waals surface area contributed by atoms with Gasteiger partial charge in [-0.25, -0.2) is 0 Å². The van der Waals surface area contributed by atoms with Crippen LogP contribution in [0.5, 0.6) is 0 Å². The van der Waals surface area contributed by atoms with Crippen molar-refractivity contribution in [3.63, 3.8) is 0 Å². The lowest BCUT2D eigenvalue weighted by molar-refractivity contribution is -0.137. The fraction of sp³-hybridized carbons (Fsp3) is 0.579. The quantitative estimate of drug-likeness (QED) is 0.842. The Morgan fingerprint density at radius 3 is 2.74 bits per heavy atom. The molecular formula is C19H26N2O2. The van der Waals surface area contributed by atoms with Crippen LogP contribution in [0.15, 0.2) is 18.2 Å². The minimum Gasteiger partial charge on any atom is -0.342 e. The zero-order chi connectivity index (χ0) is 16.6. The molecule has 4 heteroatoms. The summed E-state index contributed by atoms with van der Waals surface area (Å²) in [6.07, 6.45) is 2.62. The van der Waals surface area contributed by atoms with Gasteiger partial charge in [0.15, 0.2) is 0 Å². The van der Waals surface area contributed by atoms with E-state index in [1.807, 2.05) is 30.9 Å². The molecule has 0 radical (unpaired) electrons. The van der Waals surface area contributed by atoms with Crippen LogP contribution in [0.4, 0.5) is 5.69 Å². The minimum atomic E-state index is -0.187. The van der Waals surface area contributed by atoms with Crippen molar-refractivity contribution in [2.75, 3.05) is 24.5 Å². The second-order valence-corrected chi connectivity index (χ2v) is 7.23. The molecule has 1 aromatic carbocycles. The van der Waals surface area contributed by atoms with Crippen molar-refractivity contribution in [2.45, 2.75) is 40.0 Å². The minimum absolute atomic E-state index is 0.0714. The van der Waals surface area contributed by atoms with Crippen LogP contribution in [-0.2, 0) is 9.59 Å². The summed E-state index contributed by atoms with van der Waals surface area (Å²) in [4.78, 5) is 29.0. The first-order valence-electron chi connectivity index (χ1n) is 8.62. The molecule has 2 heterocycles. The smallest absolute Gasteiger partial charge is 0.228 e. The van der Waals surface area contributed by atoms with Crippen LogP contribution in [0, 0.1) is 25.7 Å². The monoisotopic (exact) mass is 314 g/mol. The molecule has 1 aromatic rings. The van der Waals surface area contributed by atoms with Crippen LogP contribution in [0.2, 0.25) is 0 Å². The van der Waals surface area contributed by atoms with E-state index in [1.54, 1.807) is 4.90 Å². The lowest BCUT2D eigenvalue weighted by Gasteiger charge is -2.32. The second-order valence-electron chi connectivity index (χ2n) is 7.23. The molecule has 2 atom stereocenters. The summed E-state index contributed by atoms with van der Waals surface area (Å²) in [6.45, 7) is 8.45. The maximum atomic E-state index is 12.8. The van der Waals surface area contributed by atoms with E-state index in [4.69, 9.17) is 0 Å². The van der Waals surface area contributed by atoms with Crippen LogP contribution >= 0.6 is 0 Å². The third-order valence-electron chi connectivity index (χ3n) is 5.10. The predicted molar refractivity (Wildman–Crippen MR) is 91.4 cm³/mol. The number of likely N-dealkylation sites (tertiary alicyclic amines) is 1. The van der Waals surface area contributed by atoms with E-state index in [2.05, 4.69) is 13.0 Å². The van der Waals surface area contributed by atoms with Gasteiger partial charge in [0, 0.05) is 31.7 Å². The molecule has 124 valence electrons. The third kappa shape index (κ3) is 3.26. The fourth-order valence-electron chi connectivity index (χ4n) is 3.76. The number of hydrogen-bond acceptors (Lipinski definition) is 2. The Balaban J connectivity index is 1.74. The number of carbonyl (C=O) groups excluding carboxylic acids is 2. The van der Waals surface area contributed by atoms with E-state index in [-0.39, 0.29) is 17.7 Å². The largest absolute Gasteiger partial charge is 0.342 e. The number of hydrogen-bond donors (Lipinski definition) is 0. The van der Waals surface area contributed by atoms with Gasteiger partial charge >= 0.3 is 0 Å². The van der Waals surface area contributed by atoms with E-state index in [0.717, 1.165) is 36.3 Å². The Kier molecular flexibility index (Phi) is 4.42. The van der Waals surface area contributed by atoms with Crippen molar-refractivity contribution in [2.24, 2.45) is 11.8 Å². The summed E-state index contributed by atoms with van der Waals surface area (Å²) in [7, 11) is 0. The van der Waals surface area contributed by atoms with Crippen LogP contribution in [0.3, 0.4) is 0 Å². The van der Waals surface area contributed by atoms with E-state index in [0.29, 0.717) is 18.9 Å². The van der Waals surface area contributed by atoms with Gasteiger partial charge in [0.2, 0.25) is 11.8 Å². The number of nitrogens with zero attached hydrogens (tertiary/aromatic N) is 2. The van der Waals surface area contributed by atoms with E-state index in [1.165, 1.54) is 6.42 Å². The maximum absolute atomic E-state index is 12.8. The highest BCUT2D eigenvalue weighted by molar-refractivity contribution is 6.00. The number of benzene rings is 1. The number of amides is 2. The summed E-state index contributed by atoms with van der Waals surface area (Å²) in [5, 5.41) is 0. The molecule has 2 aliphatic rings. The van der Waals surface area contributed by atoms with Crippen molar-refractivity contribution in [3.05, 3.63) is 29.3 Å². The molecule has 4 nitrogen and oxygen atoms in total. The highest BCUT2D eigenvalue weighted by atomic mass is 16.2. The molecule has 2 fully saturated rings. The van der Waals surface area contributed by atoms with Gasteiger partial charge < -0.3 is 9.80 Å². The second kappa shape index (κ2) is 6.34. The van der Waals surface area contributed by atoms with Gasteiger partial charge in [-0.1, -0.05) is 19.1 Å². The Morgan fingerprint density at radius 1 is 1.22 bits per heavy atom. The van der Waals surface area contributed by atoms with Gasteiger partial charge in [-0.15, -0.1) is 0 Å². The van der Waals surface area contributed by atoms with Gasteiger partial charge in [-0.05, 0) is 49.8 Å². The van der Waals surface area contributed by atoms with Crippen LogP contribution in [0.25, 0.3) is 0 Å².